The number of rotatable bonds is 2. The highest BCUT2D eigenvalue weighted by atomic mass is 32.1. The summed E-state index contributed by atoms with van der Waals surface area (Å²) in [5.74, 6) is 1.02. The molecule has 3 aliphatic heterocycles. The molecule has 1 N–H and O–H groups in total. The van der Waals surface area contributed by atoms with Crippen molar-refractivity contribution in [3.63, 3.8) is 0 Å². The van der Waals surface area contributed by atoms with Crippen molar-refractivity contribution in [2.45, 2.75) is 11.5 Å². The van der Waals surface area contributed by atoms with Crippen molar-refractivity contribution < 1.29 is 19.1 Å². The molecular weight excluding hydrogens is 354 g/mol. The molecular formula is C18H17N3O4S. The minimum absolute atomic E-state index is 0.164. The summed E-state index contributed by atoms with van der Waals surface area (Å²) in [6, 6.07) is 8.99. The molecule has 2 fully saturated rings. The molecule has 134 valence electrons. The fourth-order valence-electron chi connectivity index (χ4n) is 4.12. The number of imide groups is 1. The molecule has 0 bridgehead atoms. The average molecular weight is 371 g/mol. The Bertz CT molecular complexity index is 900. The number of ether oxygens (including phenoxy) is 2. The first-order chi connectivity index (χ1) is 12.6. The lowest BCUT2D eigenvalue weighted by Crippen LogP contribution is -2.52. The highest BCUT2D eigenvalue weighted by molar-refractivity contribution is 7.14. The molecule has 7 nitrogen and oxygen atoms in total. The number of nitrogens with zero attached hydrogens (tertiary/aromatic N) is 2. The van der Waals surface area contributed by atoms with Crippen LogP contribution in [0.2, 0.25) is 0 Å². The van der Waals surface area contributed by atoms with Crippen LogP contribution in [0.3, 0.4) is 0 Å². The zero-order chi connectivity index (χ0) is 17.9. The Kier molecular flexibility index (Phi) is 3.29. The summed E-state index contributed by atoms with van der Waals surface area (Å²) in [4.78, 5) is 29.4. The lowest BCUT2D eigenvalue weighted by atomic mass is 9.81. The molecule has 4 heterocycles. The molecule has 26 heavy (non-hydrogen) atoms. The van der Waals surface area contributed by atoms with Crippen LogP contribution < -0.4 is 19.7 Å². The first-order valence-corrected chi connectivity index (χ1v) is 9.25. The SMILES string of the molecule is CN1C[C@H](c2ccc3c(c2)OCO3)[C@]2(C1)NC(=O)N(c1cccs1)C2=O. The number of amides is 3. The van der Waals surface area contributed by atoms with Gasteiger partial charge in [0, 0.05) is 19.0 Å². The van der Waals surface area contributed by atoms with Gasteiger partial charge in [-0.2, -0.15) is 0 Å². The summed E-state index contributed by atoms with van der Waals surface area (Å²) >= 11 is 1.38. The summed E-state index contributed by atoms with van der Waals surface area (Å²) in [7, 11) is 1.96. The zero-order valence-electron chi connectivity index (χ0n) is 14.1. The van der Waals surface area contributed by atoms with Crippen molar-refractivity contribution in [2.24, 2.45) is 0 Å². The average Bonchev–Trinajstić information content (AvgIpc) is 3.36. The van der Waals surface area contributed by atoms with Gasteiger partial charge in [-0.15, -0.1) is 11.3 Å². The Morgan fingerprint density at radius 1 is 1.23 bits per heavy atom. The van der Waals surface area contributed by atoms with Gasteiger partial charge in [-0.05, 0) is 42.3 Å². The van der Waals surface area contributed by atoms with E-state index < -0.39 is 5.54 Å². The number of anilines is 1. The van der Waals surface area contributed by atoms with Gasteiger partial charge in [-0.1, -0.05) is 6.07 Å². The number of nitrogens with one attached hydrogen (secondary N) is 1. The van der Waals surface area contributed by atoms with E-state index in [2.05, 4.69) is 10.2 Å². The Morgan fingerprint density at radius 2 is 2.08 bits per heavy atom. The second-order valence-corrected chi connectivity index (χ2v) is 7.78. The van der Waals surface area contributed by atoms with Crippen molar-refractivity contribution in [3.05, 3.63) is 41.3 Å². The molecule has 0 unspecified atom stereocenters. The van der Waals surface area contributed by atoms with E-state index in [0.29, 0.717) is 29.6 Å². The number of hydrogen-bond acceptors (Lipinski definition) is 6. The van der Waals surface area contributed by atoms with E-state index >= 15 is 0 Å². The second kappa shape index (κ2) is 5.46. The number of hydrogen-bond donors (Lipinski definition) is 1. The van der Waals surface area contributed by atoms with E-state index in [-0.39, 0.29) is 24.6 Å². The van der Waals surface area contributed by atoms with Gasteiger partial charge in [0.25, 0.3) is 5.91 Å². The van der Waals surface area contributed by atoms with Gasteiger partial charge in [-0.25, -0.2) is 9.69 Å². The maximum Gasteiger partial charge on any atom is 0.330 e. The minimum Gasteiger partial charge on any atom is -0.454 e. The Balaban J connectivity index is 1.56. The molecule has 0 aliphatic carbocycles. The lowest BCUT2D eigenvalue weighted by molar-refractivity contribution is -0.122. The molecule has 8 heteroatoms. The summed E-state index contributed by atoms with van der Waals surface area (Å²) in [6.07, 6.45) is 0. The Morgan fingerprint density at radius 3 is 2.88 bits per heavy atom. The van der Waals surface area contributed by atoms with Gasteiger partial charge < -0.3 is 19.7 Å². The summed E-state index contributed by atoms with van der Waals surface area (Å²) < 4.78 is 10.9. The first kappa shape index (κ1) is 15.7. The minimum atomic E-state index is -0.969. The molecule has 1 aromatic carbocycles. The maximum atomic E-state index is 13.4. The fraction of sp³-hybridized carbons (Fsp3) is 0.333. The molecule has 5 rings (SSSR count). The number of urea groups is 1. The van der Waals surface area contributed by atoms with Crippen molar-refractivity contribution in [1.82, 2.24) is 10.2 Å². The van der Waals surface area contributed by atoms with E-state index in [0.717, 1.165) is 5.56 Å². The van der Waals surface area contributed by atoms with Gasteiger partial charge in [0.2, 0.25) is 6.79 Å². The van der Waals surface area contributed by atoms with Crippen LogP contribution in [0.4, 0.5) is 9.80 Å². The molecule has 2 aromatic rings. The van der Waals surface area contributed by atoms with Crippen LogP contribution in [0, 0.1) is 0 Å². The molecule has 0 radical (unpaired) electrons. The van der Waals surface area contributed by atoms with E-state index in [9.17, 15) is 9.59 Å². The van der Waals surface area contributed by atoms with Crippen LogP contribution >= 0.6 is 11.3 Å². The lowest BCUT2D eigenvalue weighted by Gasteiger charge is -2.28. The van der Waals surface area contributed by atoms with Crippen LogP contribution in [0.15, 0.2) is 35.7 Å². The quantitative estimate of drug-likeness (QED) is 0.818. The van der Waals surface area contributed by atoms with Gasteiger partial charge in [0.15, 0.2) is 11.5 Å². The van der Waals surface area contributed by atoms with E-state index in [1.807, 2.05) is 36.7 Å². The van der Waals surface area contributed by atoms with E-state index in [1.54, 1.807) is 6.07 Å². The van der Waals surface area contributed by atoms with Crippen molar-refractivity contribution >= 4 is 28.3 Å². The third kappa shape index (κ3) is 2.09. The smallest absolute Gasteiger partial charge is 0.330 e. The number of carbonyl (C=O) groups excluding carboxylic acids is 2. The number of likely N-dealkylation sites (N-methyl/N-ethyl adjacent to an activating group) is 1. The summed E-state index contributed by atoms with van der Waals surface area (Å²) in [6.45, 7) is 1.35. The fourth-order valence-corrected chi connectivity index (χ4v) is 4.85. The number of benzene rings is 1. The largest absolute Gasteiger partial charge is 0.454 e. The summed E-state index contributed by atoms with van der Waals surface area (Å²) in [5.41, 5.74) is -0.0101. The molecule has 0 saturated carbocycles. The predicted octanol–water partition coefficient (Wildman–Crippen LogP) is 2.00. The van der Waals surface area contributed by atoms with E-state index in [1.165, 1.54) is 16.2 Å². The molecule has 1 spiro atoms. The van der Waals surface area contributed by atoms with Crippen LogP contribution in [0.5, 0.6) is 11.5 Å². The van der Waals surface area contributed by atoms with Gasteiger partial charge in [-0.3, -0.25) is 4.79 Å². The number of likely N-dealkylation sites (tertiary alicyclic amines) is 1. The maximum absolute atomic E-state index is 13.4. The highest BCUT2D eigenvalue weighted by Crippen LogP contribution is 2.44. The van der Waals surface area contributed by atoms with E-state index in [4.69, 9.17) is 9.47 Å². The zero-order valence-corrected chi connectivity index (χ0v) is 14.9. The van der Waals surface area contributed by atoms with Crippen molar-refractivity contribution in [3.8, 4) is 11.5 Å². The van der Waals surface area contributed by atoms with Crippen LogP contribution in [-0.4, -0.2) is 49.3 Å². The standard InChI is InChI=1S/C18H17N3O4S/c1-20-8-12(11-4-5-13-14(7-11)25-10-24-13)18(9-20)16(22)21(17(23)19-18)15-3-2-6-26-15/h2-7,12H,8-10H2,1H3,(H,19,23)/t12-,18+/m1/s1. The molecule has 3 aliphatic rings. The number of fused-ring (bicyclic) bond motifs is 1. The first-order valence-electron chi connectivity index (χ1n) is 8.37. The van der Waals surface area contributed by atoms with Gasteiger partial charge >= 0.3 is 6.03 Å². The molecule has 1 aromatic heterocycles. The van der Waals surface area contributed by atoms with Crippen LogP contribution in [0.1, 0.15) is 11.5 Å². The third-order valence-electron chi connectivity index (χ3n) is 5.25. The monoisotopic (exact) mass is 371 g/mol. The predicted molar refractivity (Wildman–Crippen MR) is 95.9 cm³/mol. The van der Waals surface area contributed by atoms with Crippen molar-refractivity contribution in [1.29, 1.82) is 0 Å². The van der Waals surface area contributed by atoms with Crippen LogP contribution in [0.25, 0.3) is 0 Å². The highest BCUT2D eigenvalue weighted by Gasteiger charge is 2.60. The Hall–Kier alpha value is -2.58. The normalized spacial score (nSPS) is 27.6. The number of carbonyl (C=O) groups is 2. The number of thiophene rings is 1. The summed E-state index contributed by atoms with van der Waals surface area (Å²) in [5, 5.41) is 5.49. The topological polar surface area (TPSA) is 71.1 Å². The van der Waals surface area contributed by atoms with Crippen LogP contribution in [-0.2, 0) is 4.79 Å². The second-order valence-electron chi connectivity index (χ2n) is 6.86. The molecule has 3 amide bonds. The van der Waals surface area contributed by atoms with Crippen molar-refractivity contribution in [2.75, 3.05) is 31.8 Å². The van der Waals surface area contributed by atoms with Gasteiger partial charge in [0.05, 0.1) is 0 Å². The third-order valence-corrected chi connectivity index (χ3v) is 6.11. The molecule has 2 saturated heterocycles. The van der Waals surface area contributed by atoms with Gasteiger partial charge in [0.1, 0.15) is 10.5 Å². The molecule has 2 atom stereocenters. The Labute approximate surface area is 154 Å².